The first-order valence-corrected chi connectivity index (χ1v) is 7.36. The van der Waals surface area contributed by atoms with Crippen molar-refractivity contribution in [3.63, 3.8) is 0 Å². The van der Waals surface area contributed by atoms with Crippen LogP contribution in [-0.2, 0) is 6.54 Å². The molecule has 1 N–H and O–H groups in total. The lowest BCUT2D eigenvalue weighted by Crippen LogP contribution is -2.27. The minimum atomic E-state index is -0.155. The Kier molecular flexibility index (Phi) is 3.93. The molecule has 0 spiro atoms. The number of rotatable bonds is 3. The molecule has 3 heteroatoms. The molecular formula is C18H20FNO. The molecule has 0 aliphatic carbocycles. The van der Waals surface area contributed by atoms with E-state index in [0.717, 1.165) is 12.2 Å². The summed E-state index contributed by atoms with van der Waals surface area (Å²) in [7, 11) is 0. The van der Waals surface area contributed by atoms with Crippen LogP contribution in [0, 0.1) is 19.7 Å². The fraction of sp³-hybridized carbons (Fsp3) is 0.333. The van der Waals surface area contributed by atoms with Gasteiger partial charge in [0.15, 0.2) is 0 Å². The summed E-state index contributed by atoms with van der Waals surface area (Å²) in [6.45, 7) is 5.43. The van der Waals surface area contributed by atoms with E-state index in [1.807, 2.05) is 12.1 Å². The summed E-state index contributed by atoms with van der Waals surface area (Å²) in [5.74, 6) is 0.799. The van der Waals surface area contributed by atoms with Gasteiger partial charge in [0, 0.05) is 30.1 Å². The second-order valence-electron chi connectivity index (χ2n) is 5.64. The summed E-state index contributed by atoms with van der Waals surface area (Å²) >= 11 is 0. The Bertz CT molecular complexity index is 654. The minimum absolute atomic E-state index is 0.155. The summed E-state index contributed by atoms with van der Waals surface area (Å²) in [6.07, 6.45) is 0.907. The minimum Gasteiger partial charge on any atom is -0.493 e. The highest BCUT2D eigenvalue weighted by Gasteiger charge is 2.22. The highest BCUT2D eigenvalue weighted by atomic mass is 19.1. The van der Waals surface area contributed by atoms with Crippen LogP contribution in [0.2, 0.25) is 0 Å². The molecule has 0 saturated heterocycles. The van der Waals surface area contributed by atoms with Gasteiger partial charge < -0.3 is 10.1 Å². The Morgan fingerprint density at radius 3 is 2.76 bits per heavy atom. The molecule has 0 fully saturated rings. The molecular weight excluding hydrogens is 265 g/mol. The van der Waals surface area contributed by atoms with Crippen molar-refractivity contribution in [3.8, 4) is 5.75 Å². The third-order valence-electron chi connectivity index (χ3n) is 4.16. The second kappa shape index (κ2) is 5.86. The molecule has 0 amide bonds. The monoisotopic (exact) mass is 285 g/mol. The molecule has 1 aliphatic rings. The number of halogens is 1. The Hall–Kier alpha value is -1.87. The van der Waals surface area contributed by atoms with E-state index in [1.54, 1.807) is 6.07 Å². The van der Waals surface area contributed by atoms with Crippen molar-refractivity contribution in [3.05, 3.63) is 64.5 Å². The maximum Gasteiger partial charge on any atom is 0.127 e. The first kappa shape index (κ1) is 14.1. The van der Waals surface area contributed by atoms with Gasteiger partial charge in [0.25, 0.3) is 0 Å². The number of hydrogen-bond donors (Lipinski definition) is 1. The fourth-order valence-electron chi connectivity index (χ4n) is 2.74. The first-order valence-electron chi connectivity index (χ1n) is 7.36. The summed E-state index contributed by atoms with van der Waals surface area (Å²) in [5.41, 5.74) is 4.38. The van der Waals surface area contributed by atoms with Crippen molar-refractivity contribution in [1.82, 2.24) is 5.32 Å². The maximum absolute atomic E-state index is 13.7. The predicted molar refractivity (Wildman–Crippen MR) is 82.0 cm³/mol. The maximum atomic E-state index is 13.7. The molecule has 0 bridgehead atoms. The van der Waals surface area contributed by atoms with Crippen LogP contribution in [0.25, 0.3) is 0 Å². The standard InChI is InChI=1S/C18H20FNO/c1-12-9-15-17(7-8-21-18(15)10-13(12)2)20-11-14-5-3-4-6-16(14)19/h3-6,9-10,17,20H,7-8,11H2,1-2H3. The van der Waals surface area contributed by atoms with Crippen molar-refractivity contribution in [1.29, 1.82) is 0 Å². The molecule has 110 valence electrons. The zero-order valence-electron chi connectivity index (χ0n) is 12.4. The molecule has 21 heavy (non-hydrogen) atoms. The van der Waals surface area contributed by atoms with E-state index in [1.165, 1.54) is 22.8 Å². The molecule has 1 atom stereocenters. The van der Waals surface area contributed by atoms with E-state index in [-0.39, 0.29) is 11.9 Å². The van der Waals surface area contributed by atoms with E-state index in [9.17, 15) is 4.39 Å². The van der Waals surface area contributed by atoms with Gasteiger partial charge in [-0.05, 0) is 37.1 Å². The van der Waals surface area contributed by atoms with Gasteiger partial charge >= 0.3 is 0 Å². The first-order chi connectivity index (χ1) is 10.1. The molecule has 0 aromatic heterocycles. The zero-order chi connectivity index (χ0) is 14.8. The molecule has 1 unspecified atom stereocenters. The Balaban J connectivity index is 1.79. The highest BCUT2D eigenvalue weighted by molar-refractivity contribution is 5.44. The van der Waals surface area contributed by atoms with Gasteiger partial charge in [-0.2, -0.15) is 0 Å². The number of nitrogens with one attached hydrogen (secondary N) is 1. The summed E-state index contributed by atoms with van der Waals surface area (Å²) in [6, 6.07) is 11.4. The van der Waals surface area contributed by atoms with Crippen molar-refractivity contribution < 1.29 is 9.13 Å². The molecule has 2 aromatic carbocycles. The lowest BCUT2D eigenvalue weighted by molar-refractivity contribution is 0.251. The smallest absolute Gasteiger partial charge is 0.127 e. The van der Waals surface area contributed by atoms with Gasteiger partial charge in [0.2, 0.25) is 0 Å². The van der Waals surface area contributed by atoms with Crippen molar-refractivity contribution in [2.24, 2.45) is 0 Å². The SMILES string of the molecule is Cc1cc2c(cc1C)C(NCc1ccccc1F)CCO2. The zero-order valence-corrected chi connectivity index (χ0v) is 12.4. The average molecular weight is 285 g/mol. The third kappa shape index (κ3) is 2.93. The number of aryl methyl sites for hydroxylation is 2. The van der Waals surface area contributed by atoms with E-state index < -0.39 is 0 Å². The molecule has 0 radical (unpaired) electrons. The van der Waals surface area contributed by atoms with Crippen LogP contribution in [-0.4, -0.2) is 6.61 Å². The Morgan fingerprint density at radius 1 is 1.19 bits per heavy atom. The normalized spacial score (nSPS) is 17.2. The van der Waals surface area contributed by atoms with Crippen LogP contribution in [0.15, 0.2) is 36.4 Å². The third-order valence-corrected chi connectivity index (χ3v) is 4.16. The number of benzene rings is 2. The molecule has 0 saturated carbocycles. The van der Waals surface area contributed by atoms with E-state index in [2.05, 4.69) is 31.3 Å². The van der Waals surface area contributed by atoms with Crippen LogP contribution in [0.4, 0.5) is 4.39 Å². The van der Waals surface area contributed by atoms with E-state index >= 15 is 0 Å². The number of ether oxygens (including phenoxy) is 1. The molecule has 2 aromatic rings. The fourth-order valence-corrected chi connectivity index (χ4v) is 2.74. The Labute approximate surface area is 125 Å². The number of fused-ring (bicyclic) bond motifs is 1. The second-order valence-corrected chi connectivity index (χ2v) is 5.64. The van der Waals surface area contributed by atoms with E-state index in [0.29, 0.717) is 18.7 Å². The summed E-state index contributed by atoms with van der Waals surface area (Å²) in [5, 5.41) is 3.46. The lowest BCUT2D eigenvalue weighted by atomic mass is 9.96. The lowest BCUT2D eigenvalue weighted by Gasteiger charge is -2.28. The van der Waals surface area contributed by atoms with Crippen LogP contribution < -0.4 is 10.1 Å². The number of hydrogen-bond acceptors (Lipinski definition) is 2. The molecule has 3 rings (SSSR count). The van der Waals surface area contributed by atoms with Gasteiger partial charge in [0.05, 0.1) is 6.61 Å². The summed E-state index contributed by atoms with van der Waals surface area (Å²) in [4.78, 5) is 0. The van der Waals surface area contributed by atoms with Crippen LogP contribution in [0.1, 0.15) is 34.7 Å². The van der Waals surface area contributed by atoms with Gasteiger partial charge in [0.1, 0.15) is 11.6 Å². The average Bonchev–Trinajstić information content (AvgIpc) is 2.48. The van der Waals surface area contributed by atoms with E-state index in [4.69, 9.17) is 4.74 Å². The highest BCUT2D eigenvalue weighted by Crippen LogP contribution is 2.34. The Morgan fingerprint density at radius 2 is 1.95 bits per heavy atom. The van der Waals surface area contributed by atoms with Crippen molar-refractivity contribution in [2.75, 3.05) is 6.61 Å². The van der Waals surface area contributed by atoms with Gasteiger partial charge in [-0.3, -0.25) is 0 Å². The van der Waals surface area contributed by atoms with Crippen LogP contribution in [0.3, 0.4) is 0 Å². The van der Waals surface area contributed by atoms with Crippen molar-refractivity contribution >= 4 is 0 Å². The van der Waals surface area contributed by atoms with Gasteiger partial charge in [-0.1, -0.05) is 24.3 Å². The van der Waals surface area contributed by atoms with Crippen LogP contribution in [0.5, 0.6) is 5.75 Å². The van der Waals surface area contributed by atoms with Gasteiger partial charge in [-0.15, -0.1) is 0 Å². The molecule has 2 nitrogen and oxygen atoms in total. The van der Waals surface area contributed by atoms with Crippen LogP contribution >= 0.6 is 0 Å². The topological polar surface area (TPSA) is 21.3 Å². The van der Waals surface area contributed by atoms with Crippen molar-refractivity contribution in [2.45, 2.75) is 32.9 Å². The molecule has 1 aliphatic heterocycles. The van der Waals surface area contributed by atoms with Gasteiger partial charge in [-0.25, -0.2) is 4.39 Å². The summed E-state index contributed by atoms with van der Waals surface area (Å²) < 4.78 is 19.4. The predicted octanol–water partition coefficient (Wildman–Crippen LogP) is 4.06. The quantitative estimate of drug-likeness (QED) is 0.918. The largest absolute Gasteiger partial charge is 0.493 e. The molecule has 1 heterocycles.